The molecule has 45 heavy (non-hydrogen) atoms. The molecule has 3 amide bonds. The number of para-hydroxylation sites is 2. The summed E-state index contributed by atoms with van der Waals surface area (Å²) in [5.74, 6) is 1.23. The van der Waals surface area contributed by atoms with E-state index >= 15 is 0 Å². The predicted octanol–water partition coefficient (Wildman–Crippen LogP) is 7.63. The maximum Gasteiger partial charge on any atom is 0.324 e. The molecule has 0 bridgehead atoms. The third kappa shape index (κ3) is 6.95. The summed E-state index contributed by atoms with van der Waals surface area (Å²) in [4.78, 5) is 31.8. The number of benzene rings is 3. The molecule has 8 nitrogen and oxygen atoms in total. The number of carbonyl (C=O) groups is 2. The molecular formula is C37H42N6O2. The van der Waals surface area contributed by atoms with Crippen LogP contribution in [0.15, 0.2) is 85.1 Å². The number of amides is 3. The zero-order valence-corrected chi connectivity index (χ0v) is 26.6. The number of hydrogen-bond acceptors (Lipinski definition) is 3. The Morgan fingerprint density at radius 3 is 2.38 bits per heavy atom. The van der Waals surface area contributed by atoms with Crippen molar-refractivity contribution in [2.75, 3.05) is 23.7 Å². The zero-order valence-electron chi connectivity index (χ0n) is 26.6. The van der Waals surface area contributed by atoms with Crippen LogP contribution in [0.4, 0.5) is 16.3 Å². The number of carbonyl (C=O) groups excluding carboxylic acids is 2. The van der Waals surface area contributed by atoms with Gasteiger partial charge in [0.2, 0.25) is 5.91 Å². The van der Waals surface area contributed by atoms with Crippen LogP contribution in [0.2, 0.25) is 0 Å². The van der Waals surface area contributed by atoms with E-state index < -0.39 is 0 Å². The first-order valence-electron chi connectivity index (χ1n) is 15.8. The largest absolute Gasteiger partial charge is 0.361 e. The van der Waals surface area contributed by atoms with Gasteiger partial charge in [-0.25, -0.2) is 9.48 Å². The van der Waals surface area contributed by atoms with Gasteiger partial charge in [0.05, 0.1) is 17.8 Å². The fourth-order valence-corrected chi connectivity index (χ4v) is 6.06. The first kappa shape index (κ1) is 30.2. The molecule has 0 radical (unpaired) electrons. The predicted molar refractivity (Wildman–Crippen MR) is 181 cm³/mol. The number of aryl methyl sites for hydroxylation is 1. The number of piperidine rings is 1. The number of likely N-dealkylation sites (tertiary alicyclic amines) is 1. The lowest BCUT2D eigenvalue weighted by Gasteiger charge is -2.32. The van der Waals surface area contributed by atoms with E-state index in [1.165, 1.54) is 0 Å². The van der Waals surface area contributed by atoms with Crippen molar-refractivity contribution in [3.05, 3.63) is 107 Å². The van der Waals surface area contributed by atoms with Gasteiger partial charge in [-0.3, -0.25) is 10.1 Å². The van der Waals surface area contributed by atoms with E-state index in [2.05, 4.69) is 48.5 Å². The van der Waals surface area contributed by atoms with Crippen LogP contribution < -0.4 is 10.6 Å². The van der Waals surface area contributed by atoms with Crippen molar-refractivity contribution in [3.63, 3.8) is 0 Å². The molecule has 0 spiro atoms. The van der Waals surface area contributed by atoms with E-state index in [0.717, 1.165) is 77.0 Å². The van der Waals surface area contributed by atoms with Crippen molar-refractivity contribution in [2.45, 2.75) is 58.8 Å². The molecule has 0 aliphatic carbocycles. The average molecular weight is 603 g/mol. The minimum Gasteiger partial charge on any atom is -0.361 e. The maximum absolute atomic E-state index is 13.3. The highest BCUT2D eigenvalue weighted by atomic mass is 16.2. The molecule has 3 N–H and O–H groups in total. The van der Waals surface area contributed by atoms with E-state index in [9.17, 15) is 9.59 Å². The second kappa shape index (κ2) is 12.6. The molecule has 2 aromatic heterocycles. The molecular weight excluding hydrogens is 560 g/mol. The molecule has 8 heteroatoms. The highest BCUT2D eigenvalue weighted by molar-refractivity contribution is 6.00. The fourth-order valence-electron chi connectivity index (χ4n) is 6.06. The number of aromatic nitrogens is 3. The lowest BCUT2D eigenvalue weighted by atomic mass is 9.89. The van der Waals surface area contributed by atoms with Gasteiger partial charge in [0.1, 0.15) is 5.82 Å². The Hall–Kier alpha value is -4.85. The summed E-state index contributed by atoms with van der Waals surface area (Å²) >= 11 is 0. The van der Waals surface area contributed by atoms with Gasteiger partial charge in [0.25, 0.3) is 0 Å². The first-order valence-corrected chi connectivity index (χ1v) is 15.8. The van der Waals surface area contributed by atoms with Crippen LogP contribution >= 0.6 is 0 Å². The molecule has 3 aromatic carbocycles. The number of urea groups is 1. The lowest BCUT2D eigenvalue weighted by molar-refractivity contribution is -0.131. The molecule has 232 valence electrons. The van der Waals surface area contributed by atoms with Crippen LogP contribution in [0.3, 0.4) is 0 Å². The molecule has 0 unspecified atom stereocenters. The summed E-state index contributed by atoms with van der Waals surface area (Å²) in [5, 5.41) is 12.1. The van der Waals surface area contributed by atoms with E-state index in [0.29, 0.717) is 18.2 Å². The van der Waals surface area contributed by atoms with Gasteiger partial charge >= 0.3 is 6.03 Å². The maximum atomic E-state index is 13.3. The molecule has 1 fully saturated rings. The number of aromatic amines is 1. The van der Waals surface area contributed by atoms with Crippen molar-refractivity contribution in [1.82, 2.24) is 19.7 Å². The van der Waals surface area contributed by atoms with Gasteiger partial charge in [-0.2, -0.15) is 5.10 Å². The van der Waals surface area contributed by atoms with Crippen LogP contribution in [-0.2, 0) is 23.1 Å². The molecule has 6 rings (SSSR count). The quantitative estimate of drug-likeness (QED) is 0.179. The Balaban J connectivity index is 1.08. The molecule has 0 saturated carbocycles. The fraction of sp³-hybridized carbons (Fsp3) is 0.324. The lowest BCUT2D eigenvalue weighted by Crippen LogP contribution is -2.39. The Bertz CT molecular complexity index is 1800. The van der Waals surface area contributed by atoms with Crippen LogP contribution in [0, 0.1) is 12.8 Å². The highest BCUT2D eigenvalue weighted by Gasteiger charge is 2.25. The van der Waals surface area contributed by atoms with E-state index in [1.807, 2.05) is 84.8 Å². The highest BCUT2D eigenvalue weighted by Crippen LogP contribution is 2.29. The summed E-state index contributed by atoms with van der Waals surface area (Å²) in [5.41, 5.74) is 6.77. The Morgan fingerprint density at radius 1 is 0.911 bits per heavy atom. The van der Waals surface area contributed by atoms with E-state index in [4.69, 9.17) is 5.10 Å². The van der Waals surface area contributed by atoms with Gasteiger partial charge in [-0.15, -0.1) is 0 Å². The van der Waals surface area contributed by atoms with Crippen LogP contribution in [0.25, 0.3) is 16.6 Å². The Labute approximate surface area is 264 Å². The molecule has 1 aliphatic rings. The monoisotopic (exact) mass is 602 g/mol. The number of nitrogens with one attached hydrogen (secondary N) is 3. The van der Waals surface area contributed by atoms with Gasteiger partial charge in [-0.1, -0.05) is 74.9 Å². The van der Waals surface area contributed by atoms with Crippen molar-refractivity contribution >= 4 is 34.3 Å². The van der Waals surface area contributed by atoms with Crippen molar-refractivity contribution < 1.29 is 9.59 Å². The van der Waals surface area contributed by atoms with Gasteiger partial charge in [-0.05, 0) is 67.5 Å². The Kier molecular flexibility index (Phi) is 8.48. The van der Waals surface area contributed by atoms with Gasteiger partial charge < -0.3 is 15.2 Å². The number of nitrogens with zero attached hydrogens (tertiary/aromatic N) is 3. The molecule has 3 heterocycles. The molecule has 0 atom stereocenters. The number of anilines is 2. The van der Waals surface area contributed by atoms with Gasteiger partial charge in [0.15, 0.2) is 0 Å². The van der Waals surface area contributed by atoms with Crippen molar-refractivity contribution in [1.29, 1.82) is 0 Å². The minimum atomic E-state index is -0.311. The van der Waals surface area contributed by atoms with Crippen molar-refractivity contribution in [2.24, 2.45) is 5.92 Å². The van der Waals surface area contributed by atoms with Crippen molar-refractivity contribution in [3.8, 4) is 5.69 Å². The van der Waals surface area contributed by atoms with E-state index in [1.54, 1.807) is 4.68 Å². The second-order valence-electron chi connectivity index (χ2n) is 13.2. The average Bonchev–Trinajstić information content (AvgIpc) is 3.63. The SMILES string of the molecule is Cc1ccc(-n2nc(C(C)(C)C)cc2NC(=O)Nc2ccccc2CC2CCN(C(=O)Cc3c[nH]c4ccccc34)CC2)cc1. The molecule has 5 aromatic rings. The first-order chi connectivity index (χ1) is 21.6. The topological polar surface area (TPSA) is 95.1 Å². The van der Waals surface area contributed by atoms with Crippen LogP contribution in [0.5, 0.6) is 0 Å². The summed E-state index contributed by atoms with van der Waals surface area (Å²) in [6, 6.07) is 25.8. The van der Waals surface area contributed by atoms with Gasteiger partial charge in [0, 0.05) is 47.4 Å². The zero-order chi connectivity index (χ0) is 31.6. The summed E-state index contributed by atoms with van der Waals surface area (Å²) in [6.07, 6.45) is 5.08. The van der Waals surface area contributed by atoms with Crippen LogP contribution in [0.1, 0.15) is 56.0 Å². The van der Waals surface area contributed by atoms with E-state index in [-0.39, 0.29) is 17.4 Å². The number of rotatable bonds is 7. The summed E-state index contributed by atoms with van der Waals surface area (Å²) in [6.45, 7) is 9.88. The van der Waals surface area contributed by atoms with Crippen LogP contribution in [-0.4, -0.2) is 44.7 Å². The summed E-state index contributed by atoms with van der Waals surface area (Å²) in [7, 11) is 0. The standard InChI is InChI=1S/C37H42N6O2/c1-25-13-15-29(16-14-25)43-34(23-33(41-43)37(2,3)4)40-36(45)39-31-11-7-5-9-27(31)21-26-17-19-42(20-18-26)35(44)22-28-24-38-32-12-8-6-10-30(28)32/h5-16,23-24,26,38H,17-22H2,1-4H3,(H2,39,40,45). The third-order valence-electron chi connectivity index (χ3n) is 8.76. The summed E-state index contributed by atoms with van der Waals surface area (Å²) < 4.78 is 1.79. The smallest absolute Gasteiger partial charge is 0.324 e. The second-order valence-corrected chi connectivity index (χ2v) is 13.2. The molecule has 1 saturated heterocycles. The minimum absolute atomic E-state index is 0.175. The Morgan fingerprint density at radius 2 is 1.62 bits per heavy atom. The number of H-pyrrole nitrogens is 1. The normalized spacial score (nSPS) is 14.1. The third-order valence-corrected chi connectivity index (χ3v) is 8.76. The number of hydrogen-bond donors (Lipinski definition) is 3. The number of fused-ring (bicyclic) bond motifs is 1. The molecule has 1 aliphatic heterocycles.